The third-order valence-electron chi connectivity index (χ3n) is 5.02. The molecule has 1 amide bonds. The molecule has 3 aromatic rings. The fraction of sp³-hybridized carbons (Fsp3) is 0.182. The molecule has 11 heteroatoms. The maximum Gasteiger partial charge on any atom is 0.416 e. The zero-order valence-electron chi connectivity index (χ0n) is 16.9. The predicted octanol–water partition coefficient (Wildman–Crippen LogP) is 3.66. The average Bonchev–Trinajstić information content (AvgIpc) is 2.78. The van der Waals surface area contributed by atoms with Gasteiger partial charge in [-0.05, 0) is 36.4 Å². The lowest BCUT2D eigenvalue weighted by atomic mass is 10.0. The van der Waals surface area contributed by atoms with Gasteiger partial charge in [0, 0.05) is 18.3 Å². The highest BCUT2D eigenvalue weighted by atomic mass is 19.4. The zero-order chi connectivity index (χ0) is 23.8. The predicted molar refractivity (Wildman–Crippen MR) is 111 cm³/mol. The number of aromatic nitrogens is 1. The minimum atomic E-state index is -4.65. The van der Waals surface area contributed by atoms with Crippen LogP contribution in [0.25, 0.3) is 0 Å². The number of benzene rings is 2. The van der Waals surface area contributed by atoms with E-state index in [9.17, 15) is 27.2 Å². The van der Waals surface area contributed by atoms with Gasteiger partial charge in [0.05, 0.1) is 34.8 Å². The summed E-state index contributed by atoms with van der Waals surface area (Å²) in [6.07, 6.45) is -3.35. The van der Waals surface area contributed by atoms with E-state index < -0.39 is 29.0 Å². The van der Waals surface area contributed by atoms with Crippen LogP contribution in [0.4, 0.5) is 34.6 Å². The number of fused-ring (bicyclic) bond motifs is 1. The number of carbonyl (C=O) groups excluding carboxylic acids is 1. The molecule has 172 valence electrons. The van der Waals surface area contributed by atoms with Gasteiger partial charge in [0.15, 0.2) is 0 Å². The van der Waals surface area contributed by atoms with Crippen LogP contribution < -0.4 is 20.1 Å². The Hall–Kier alpha value is -3.86. The highest BCUT2D eigenvalue weighted by molar-refractivity contribution is 6.12. The summed E-state index contributed by atoms with van der Waals surface area (Å²) in [5.41, 5.74) is -0.943. The number of aliphatic hydroxyl groups excluding tert-OH is 1. The molecule has 0 atom stereocenters. The molecule has 0 bridgehead atoms. The Balaban J connectivity index is 1.89. The normalized spacial score (nSPS) is 13.8. The van der Waals surface area contributed by atoms with Crippen LogP contribution >= 0.6 is 0 Å². The van der Waals surface area contributed by atoms with Crippen molar-refractivity contribution in [3.05, 3.63) is 82.0 Å². The number of amides is 1. The molecule has 1 aliphatic heterocycles. The molecule has 1 aliphatic rings. The molecule has 0 saturated carbocycles. The first-order valence-electron chi connectivity index (χ1n) is 9.71. The number of carbonyl (C=O) groups is 1. The molecule has 0 saturated heterocycles. The number of hydrogen-bond acceptors (Lipinski definition) is 5. The fourth-order valence-electron chi connectivity index (χ4n) is 3.50. The third kappa shape index (κ3) is 4.40. The van der Waals surface area contributed by atoms with Gasteiger partial charge >= 0.3 is 6.18 Å². The van der Waals surface area contributed by atoms with E-state index in [0.717, 1.165) is 30.3 Å². The number of nitrogens with zero attached hydrogens (tertiary/aromatic N) is 2. The number of alkyl halides is 3. The largest absolute Gasteiger partial charge is 0.489 e. The molecule has 7 nitrogen and oxygen atoms in total. The molecular formula is C22H17F4N3O4. The van der Waals surface area contributed by atoms with Crippen molar-refractivity contribution in [2.24, 2.45) is 0 Å². The average molecular weight is 463 g/mol. The van der Waals surface area contributed by atoms with Crippen LogP contribution in [0.1, 0.15) is 15.9 Å². The van der Waals surface area contributed by atoms with E-state index in [4.69, 9.17) is 9.84 Å². The lowest BCUT2D eigenvalue weighted by Crippen LogP contribution is -2.45. The second kappa shape index (κ2) is 8.58. The molecule has 0 fully saturated rings. The zero-order valence-corrected chi connectivity index (χ0v) is 16.9. The van der Waals surface area contributed by atoms with E-state index in [0.29, 0.717) is 5.69 Å². The summed E-state index contributed by atoms with van der Waals surface area (Å²) in [4.78, 5) is 29.7. The highest BCUT2D eigenvalue weighted by Gasteiger charge is 2.37. The number of halogens is 4. The second-order valence-corrected chi connectivity index (χ2v) is 7.13. The van der Waals surface area contributed by atoms with Crippen LogP contribution in [-0.4, -0.2) is 35.9 Å². The fourth-order valence-corrected chi connectivity index (χ4v) is 3.50. The number of pyridine rings is 1. The van der Waals surface area contributed by atoms with E-state index >= 15 is 0 Å². The van der Waals surface area contributed by atoms with Gasteiger partial charge < -0.3 is 19.7 Å². The SMILES string of the molecule is O=C1c2ccc(C(F)(F)F)cc2N(c2ccc(F)cc2OCCO)CN1c1ccc(=O)[nH]c1. The van der Waals surface area contributed by atoms with Gasteiger partial charge in [0.2, 0.25) is 5.56 Å². The van der Waals surface area contributed by atoms with Crippen molar-refractivity contribution in [1.82, 2.24) is 4.98 Å². The number of H-pyrrole nitrogens is 1. The van der Waals surface area contributed by atoms with E-state index in [-0.39, 0.29) is 42.6 Å². The van der Waals surface area contributed by atoms with Crippen LogP contribution in [0.2, 0.25) is 0 Å². The highest BCUT2D eigenvalue weighted by Crippen LogP contribution is 2.42. The number of nitrogens with one attached hydrogen (secondary N) is 1. The Morgan fingerprint density at radius 1 is 1.00 bits per heavy atom. The van der Waals surface area contributed by atoms with E-state index in [2.05, 4.69) is 4.98 Å². The van der Waals surface area contributed by atoms with Gasteiger partial charge in [-0.25, -0.2) is 4.39 Å². The Labute approximate surface area is 184 Å². The van der Waals surface area contributed by atoms with Gasteiger partial charge in [0.25, 0.3) is 5.91 Å². The Kier molecular flexibility index (Phi) is 5.81. The number of rotatable bonds is 5. The van der Waals surface area contributed by atoms with Gasteiger partial charge in [0.1, 0.15) is 24.8 Å². The summed E-state index contributed by atoms with van der Waals surface area (Å²) in [6.45, 7) is -0.796. The number of anilines is 3. The first-order valence-corrected chi connectivity index (χ1v) is 9.71. The topological polar surface area (TPSA) is 85.9 Å². The lowest BCUT2D eigenvalue weighted by Gasteiger charge is -2.38. The summed E-state index contributed by atoms with van der Waals surface area (Å²) in [6, 6.07) is 8.79. The molecule has 0 unspecified atom stereocenters. The van der Waals surface area contributed by atoms with Crippen molar-refractivity contribution in [1.29, 1.82) is 0 Å². The Morgan fingerprint density at radius 2 is 1.79 bits per heavy atom. The molecule has 0 radical (unpaired) electrons. The lowest BCUT2D eigenvalue weighted by molar-refractivity contribution is -0.137. The quantitative estimate of drug-likeness (QED) is 0.565. The van der Waals surface area contributed by atoms with E-state index in [1.165, 1.54) is 34.2 Å². The van der Waals surface area contributed by atoms with Crippen molar-refractivity contribution in [3.8, 4) is 5.75 Å². The Morgan fingerprint density at radius 3 is 2.45 bits per heavy atom. The van der Waals surface area contributed by atoms with Crippen LogP contribution in [-0.2, 0) is 6.18 Å². The number of ether oxygens (including phenoxy) is 1. The molecule has 2 heterocycles. The second-order valence-electron chi connectivity index (χ2n) is 7.13. The van der Waals surface area contributed by atoms with Crippen molar-refractivity contribution in [2.75, 3.05) is 29.7 Å². The summed E-state index contributed by atoms with van der Waals surface area (Å²) < 4.78 is 59.5. The van der Waals surface area contributed by atoms with Gasteiger partial charge in [-0.1, -0.05) is 0 Å². The third-order valence-corrected chi connectivity index (χ3v) is 5.02. The van der Waals surface area contributed by atoms with Crippen LogP contribution in [0.15, 0.2) is 59.5 Å². The summed E-state index contributed by atoms with van der Waals surface area (Å²) in [7, 11) is 0. The summed E-state index contributed by atoms with van der Waals surface area (Å²) in [5, 5.41) is 9.09. The minimum absolute atomic E-state index is 0.0248. The van der Waals surface area contributed by atoms with Crippen molar-refractivity contribution in [3.63, 3.8) is 0 Å². The van der Waals surface area contributed by atoms with Crippen LogP contribution in [0.3, 0.4) is 0 Å². The minimum Gasteiger partial charge on any atom is -0.489 e. The standard InChI is InChI=1S/C22H17F4N3O4/c23-14-2-5-17(19(10-14)33-8-7-30)29-12-28(15-3-6-20(31)27-11-15)21(32)16-4-1-13(9-18(16)29)22(24,25)26/h1-6,9-11,30H,7-8,12H2,(H,27,31). The number of aromatic amines is 1. The van der Waals surface area contributed by atoms with Crippen molar-refractivity contribution >= 4 is 23.0 Å². The maximum atomic E-state index is 13.9. The number of aliphatic hydroxyl groups is 1. The molecule has 2 aromatic carbocycles. The summed E-state index contributed by atoms with van der Waals surface area (Å²) in [5.74, 6) is -1.26. The molecule has 4 rings (SSSR count). The van der Waals surface area contributed by atoms with Crippen molar-refractivity contribution < 1.29 is 32.2 Å². The molecule has 2 N–H and O–H groups in total. The first kappa shape index (κ1) is 22.3. The summed E-state index contributed by atoms with van der Waals surface area (Å²) >= 11 is 0. The number of hydrogen-bond donors (Lipinski definition) is 2. The van der Waals surface area contributed by atoms with E-state index in [1.807, 2.05) is 0 Å². The van der Waals surface area contributed by atoms with Gasteiger partial charge in [-0.15, -0.1) is 0 Å². The molecular weight excluding hydrogens is 446 g/mol. The van der Waals surface area contributed by atoms with Gasteiger partial charge in [-0.2, -0.15) is 13.2 Å². The van der Waals surface area contributed by atoms with Gasteiger partial charge in [-0.3, -0.25) is 14.5 Å². The van der Waals surface area contributed by atoms with Crippen molar-refractivity contribution in [2.45, 2.75) is 6.18 Å². The molecule has 0 spiro atoms. The molecule has 0 aliphatic carbocycles. The smallest absolute Gasteiger partial charge is 0.416 e. The maximum absolute atomic E-state index is 13.9. The van der Waals surface area contributed by atoms with E-state index in [1.54, 1.807) is 0 Å². The molecule has 1 aromatic heterocycles. The van der Waals surface area contributed by atoms with Crippen LogP contribution in [0, 0.1) is 5.82 Å². The Bertz CT molecular complexity index is 1240. The first-order chi connectivity index (χ1) is 15.7. The monoisotopic (exact) mass is 463 g/mol. The molecule has 33 heavy (non-hydrogen) atoms. The van der Waals surface area contributed by atoms with Crippen LogP contribution in [0.5, 0.6) is 5.75 Å².